The van der Waals surface area contributed by atoms with Gasteiger partial charge in [-0.1, -0.05) is 109 Å². The fourth-order valence-electron chi connectivity index (χ4n) is 6.29. The second-order valence-corrected chi connectivity index (χ2v) is 15.0. The number of benzene rings is 2. The van der Waals surface area contributed by atoms with Gasteiger partial charge in [-0.3, -0.25) is 0 Å². The standard InChI is InChI=1S/C36H52N2.2C4H9.Ni/c1-5-8-11-13-14-16-21-31-23-19-25-33(28-31)36-34(26-17-12-9-6-2)29(4)35(38(36)37)32-24-18-22-30(27-32)20-15-10-7-3;2*1-3-4-2;/h18-19,22-25,27-28H,5-17,20-21,26H2,1-4H3;2*1,3-4H2,2H3;. The van der Waals surface area contributed by atoms with Crippen molar-refractivity contribution in [3.8, 4) is 0 Å². The van der Waals surface area contributed by atoms with Crippen molar-refractivity contribution in [2.45, 2.75) is 181 Å². The molecule has 0 aliphatic carbocycles. The summed E-state index contributed by atoms with van der Waals surface area (Å²) in [7, 11) is 0. The van der Waals surface area contributed by atoms with Gasteiger partial charge in [0.05, 0.1) is 0 Å². The van der Waals surface area contributed by atoms with Crippen molar-refractivity contribution in [1.82, 2.24) is 0 Å². The predicted molar refractivity (Wildman–Crippen MR) is 205 cm³/mol. The van der Waals surface area contributed by atoms with Gasteiger partial charge in [-0.15, -0.1) is 0 Å². The van der Waals surface area contributed by atoms with Gasteiger partial charge in [0.25, 0.3) is 0 Å². The van der Waals surface area contributed by atoms with Crippen LogP contribution < -0.4 is 0 Å². The van der Waals surface area contributed by atoms with Crippen LogP contribution in [0.3, 0.4) is 0 Å². The summed E-state index contributed by atoms with van der Waals surface area (Å²) >= 11 is 1.94. The van der Waals surface area contributed by atoms with Crippen LogP contribution in [-0.4, -0.2) is 4.70 Å². The number of hydrogen-bond acceptors (Lipinski definition) is 0. The zero-order chi connectivity index (χ0) is 34.1. The maximum absolute atomic E-state index is 11.7. The number of rotatable bonds is 24. The molecule has 0 atom stereocenters. The quantitative estimate of drug-likeness (QED) is 0.0597. The molecule has 2 nitrogen and oxygen atoms in total. The molecule has 47 heavy (non-hydrogen) atoms. The third-order valence-corrected chi connectivity index (χ3v) is 10.6. The summed E-state index contributed by atoms with van der Waals surface area (Å²) in [5.74, 6) is 0. The van der Waals surface area contributed by atoms with Gasteiger partial charge in [0, 0.05) is 22.3 Å². The van der Waals surface area contributed by atoms with E-state index in [2.05, 4.69) is 90.1 Å². The van der Waals surface area contributed by atoms with E-state index in [1.54, 1.807) is 0 Å². The minimum absolute atomic E-state index is 0.962. The van der Waals surface area contributed by atoms with Crippen LogP contribution in [0.1, 0.15) is 179 Å². The van der Waals surface area contributed by atoms with Crippen LogP contribution in [0, 0.1) is 0 Å². The third kappa shape index (κ3) is 15.4. The minimum atomic E-state index is 0.962. The average molecular weight is 686 g/mol. The number of hydrogen-bond donors (Lipinski definition) is 0. The second kappa shape index (κ2) is 26.0. The zero-order valence-electron chi connectivity index (χ0n) is 31.4. The van der Waals surface area contributed by atoms with Crippen LogP contribution >= 0.6 is 0 Å². The van der Waals surface area contributed by atoms with E-state index in [1.165, 1.54) is 147 Å². The number of unbranched alkanes of at least 4 members (excludes halogenated alkanes) is 12. The number of nitrogens with zero attached hydrogens (tertiary/aromatic N) is 2. The Morgan fingerprint density at radius 1 is 0.511 bits per heavy atom. The summed E-state index contributed by atoms with van der Waals surface area (Å²) < 4.78 is 1.51. The van der Waals surface area contributed by atoms with Crippen molar-refractivity contribution >= 4 is 11.4 Å². The Balaban J connectivity index is 0.000000745. The van der Waals surface area contributed by atoms with Gasteiger partial charge in [0.15, 0.2) is 0 Å². The van der Waals surface area contributed by atoms with Gasteiger partial charge >= 0.3 is 64.8 Å². The Morgan fingerprint density at radius 2 is 0.936 bits per heavy atom. The molecule has 0 spiro atoms. The molecule has 0 bridgehead atoms. The molecule has 0 aromatic heterocycles. The van der Waals surface area contributed by atoms with Crippen LogP contribution in [0.25, 0.3) is 16.9 Å². The zero-order valence-corrected chi connectivity index (χ0v) is 32.4. The third-order valence-electron chi connectivity index (χ3n) is 9.24. The molecule has 0 saturated heterocycles. The first-order valence-electron chi connectivity index (χ1n) is 19.6. The second-order valence-electron chi connectivity index (χ2n) is 13.5. The summed E-state index contributed by atoms with van der Waals surface area (Å²) in [4.78, 5) is 0. The summed E-state index contributed by atoms with van der Waals surface area (Å²) in [6.45, 7) is 13.5. The van der Waals surface area contributed by atoms with Gasteiger partial charge in [-0.05, 0) is 80.8 Å². The molecular weight excluding hydrogens is 615 g/mol. The van der Waals surface area contributed by atoms with E-state index in [9.17, 15) is 5.53 Å². The van der Waals surface area contributed by atoms with Crippen LogP contribution in [0.5, 0.6) is 0 Å². The molecule has 0 radical (unpaired) electrons. The van der Waals surface area contributed by atoms with E-state index < -0.39 is 0 Å². The van der Waals surface area contributed by atoms with Gasteiger partial charge < -0.3 is 5.53 Å². The molecule has 3 rings (SSSR count). The Labute approximate surface area is 297 Å². The molecule has 1 aliphatic heterocycles. The van der Waals surface area contributed by atoms with Gasteiger partial charge in [0.1, 0.15) is 0 Å². The van der Waals surface area contributed by atoms with E-state index in [4.69, 9.17) is 0 Å². The first-order chi connectivity index (χ1) is 23.0. The van der Waals surface area contributed by atoms with Crippen molar-refractivity contribution in [3.63, 3.8) is 0 Å². The predicted octanol–water partition coefficient (Wildman–Crippen LogP) is 15.0. The van der Waals surface area contributed by atoms with Gasteiger partial charge in [0.2, 0.25) is 11.4 Å². The molecular formula is C44H70N2Ni. The normalized spacial score (nSPS) is 13.1. The summed E-state index contributed by atoms with van der Waals surface area (Å²) in [5.41, 5.74) is 21.2. The van der Waals surface area contributed by atoms with Crippen molar-refractivity contribution in [3.05, 3.63) is 87.5 Å². The van der Waals surface area contributed by atoms with Crippen LogP contribution in [0.2, 0.25) is 10.8 Å². The Hall–Kier alpha value is -1.99. The van der Waals surface area contributed by atoms with E-state index in [1.807, 2.05) is 14.4 Å². The van der Waals surface area contributed by atoms with Gasteiger partial charge in [-0.2, -0.15) is 0 Å². The molecule has 2 aromatic rings. The van der Waals surface area contributed by atoms with E-state index >= 15 is 0 Å². The molecule has 266 valence electrons. The fourth-order valence-corrected chi connectivity index (χ4v) is 7.73. The van der Waals surface area contributed by atoms with Crippen LogP contribution in [0.4, 0.5) is 0 Å². The first-order valence-corrected chi connectivity index (χ1v) is 21.0. The van der Waals surface area contributed by atoms with Crippen molar-refractivity contribution in [1.29, 1.82) is 0 Å². The van der Waals surface area contributed by atoms with E-state index in [0.717, 1.165) is 41.8 Å². The summed E-state index contributed by atoms with van der Waals surface area (Å²) in [6, 6.07) is 17.8. The molecule has 0 N–H and O–H groups in total. The first kappa shape index (κ1) is 41.2. The molecule has 1 heterocycles. The average Bonchev–Trinajstić information content (AvgIpc) is 3.33. The Kier molecular flexibility index (Phi) is 22.7. The fraction of sp³-hybridized carbons (Fsp3) is 0.636. The number of allylic oxidation sites excluding steroid dienone is 2. The molecule has 2 aromatic carbocycles. The van der Waals surface area contributed by atoms with Crippen molar-refractivity contribution in [2.75, 3.05) is 0 Å². The topological polar surface area (TPSA) is 25.3 Å². The van der Waals surface area contributed by atoms with E-state index in [-0.39, 0.29) is 0 Å². The van der Waals surface area contributed by atoms with Crippen LogP contribution in [-0.2, 0) is 27.3 Å². The maximum atomic E-state index is 11.7. The van der Waals surface area contributed by atoms with Gasteiger partial charge in [-0.25, -0.2) is 4.70 Å². The molecule has 0 amide bonds. The van der Waals surface area contributed by atoms with Crippen molar-refractivity contribution < 1.29 is 19.1 Å². The molecule has 1 aliphatic rings. The molecule has 3 heteroatoms. The Bertz CT molecular complexity index is 1200. The van der Waals surface area contributed by atoms with E-state index in [0.29, 0.717) is 0 Å². The molecule has 0 saturated carbocycles. The molecule has 0 fully saturated rings. The summed E-state index contributed by atoms with van der Waals surface area (Å²) in [6.07, 6.45) is 25.3. The van der Waals surface area contributed by atoms with Crippen molar-refractivity contribution in [2.24, 2.45) is 0 Å². The van der Waals surface area contributed by atoms with Crippen LogP contribution in [0.15, 0.2) is 59.7 Å². The summed E-state index contributed by atoms with van der Waals surface area (Å²) in [5, 5.41) is 2.78. The Morgan fingerprint density at radius 3 is 1.49 bits per heavy atom. The monoisotopic (exact) mass is 684 g/mol. The SMILES string of the molecule is CCCCCCCCc1cccc(C2=C(CCCCCC)C(C)=C(c3cccc(CCCCC)c3)[N+]2=[N-])c1.CCC[CH2][Ni][CH2]CCC. The number of aryl methyl sites for hydroxylation is 2. The molecule has 0 unspecified atom stereocenters.